The molecule has 5 heteroatoms. The maximum absolute atomic E-state index is 13.6. The lowest BCUT2D eigenvalue weighted by molar-refractivity contribution is 0.107. The van der Waals surface area contributed by atoms with Gasteiger partial charge in [0.1, 0.15) is 18.2 Å². The Labute approximate surface area is 130 Å². The van der Waals surface area contributed by atoms with Gasteiger partial charge in [-0.1, -0.05) is 33.6 Å². The van der Waals surface area contributed by atoms with Crippen LogP contribution in [0.25, 0.3) is 0 Å². The van der Waals surface area contributed by atoms with Gasteiger partial charge in [0.25, 0.3) is 0 Å². The molecule has 106 valence electrons. The number of ether oxygens (including phenoxy) is 1. The van der Waals surface area contributed by atoms with Crippen LogP contribution in [0.5, 0.6) is 5.75 Å². The minimum absolute atomic E-state index is 0.0757. The molecule has 0 aromatic heterocycles. The second kappa shape index (κ2) is 7.07. The van der Waals surface area contributed by atoms with Gasteiger partial charge < -0.3 is 9.84 Å². The molecule has 0 aliphatic heterocycles. The number of hydrogen-bond acceptors (Lipinski definition) is 2. The zero-order valence-electron chi connectivity index (χ0n) is 10.5. The number of hydrogen-bond donors (Lipinski definition) is 1. The van der Waals surface area contributed by atoms with Gasteiger partial charge in [0.05, 0.1) is 6.10 Å². The van der Waals surface area contributed by atoms with Crippen molar-refractivity contribution in [2.75, 3.05) is 6.61 Å². The molecular formula is C15H13BrClFO2. The molecule has 1 atom stereocenters. The molecular weight excluding hydrogens is 347 g/mol. The summed E-state index contributed by atoms with van der Waals surface area (Å²) in [6.07, 6.45) is -0.607. The molecule has 0 amide bonds. The summed E-state index contributed by atoms with van der Waals surface area (Å²) in [4.78, 5) is 0. The molecule has 0 saturated heterocycles. The van der Waals surface area contributed by atoms with Gasteiger partial charge in [-0.25, -0.2) is 4.39 Å². The van der Waals surface area contributed by atoms with Crippen LogP contribution < -0.4 is 4.74 Å². The molecule has 0 heterocycles. The van der Waals surface area contributed by atoms with E-state index in [4.69, 9.17) is 16.3 Å². The van der Waals surface area contributed by atoms with E-state index >= 15 is 0 Å². The Morgan fingerprint density at radius 3 is 2.80 bits per heavy atom. The Balaban J connectivity index is 1.92. The van der Waals surface area contributed by atoms with Gasteiger partial charge in [-0.3, -0.25) is 0 Å². The maximum atomic E-state index is 13.6. The van der Waals surface area contributed by atoms with Crippen molar-refractivity contribution < 1.29 is 14.2 Å². The van der Waals surface area contributed by atoms with Crippen LogP contribution in [0.4, 0.5) is 4.39 Å². The van der Waals surface area contributed by atoms with Crippen molar-refractivity contribution in [1.82, 2.24) is 0 Å². The summed E-state index contributed by atoms with van der Waals surface area (Å²) >= 11 is 9.11. The van der Waals surface area contributed by atoms with E-state index in [0.29, 0.717) is 16.3 Å². The maximum Gasteiger partial charge on any atom is 0.126 e. The molecule has 2 aromatic carbocycles. The highest BCUT2D eigenvalue weighted by molar-refractivity contribution is 9.10. The number of aliphatic hydroxyl groups is 1. The molecule has 0 spiro atoms. The SMILES string of the molecule is OC(COc1cccc(Cl)c1)Cc1cc(Br)ccc1F. The Kier molecular flexibility index (Phi) is 5.40. The lowest BCUT2D eigenvalue weighted by Crippen LogP contribution is -2.20. The molecule has 1 unspecified atom stereocenters. The first-order chi connectivity index (χ1) is 9.54. The quantitative estimate of drug-likeness (QED) is 0.866. The fourth-order valence-corrected chi connectivity index (χ4v) is 2.35. The van der Waals surface area contributed by atoms with Gasteiger partial charge in [-0.05, 0) is 42.0 Å². The normalized spacial score (nSPS) is 12.2. The molecule has 20 heavy (non-hydrogen) atoms. The summed E-state index contributed by atoms with van der Waals surface area (Å²) < 4.78 is 19.8. The molecule has 0 aliphatic carbocycles. The number of halogens is 3. The summed E-state index contributed by atoms with van der Waals surface area (Å²) in [7, 11) is 0. The van der Waals surface area contributed by atoms with Crippen molar-refractivity contribution in [3.63, 3.8) is 0 Å². The second-order valence-electron chi connectivity index (χ2n) is 4.36. The Hall–Kier alpha value is -1.10. The second-order valence-corrected chi connectivity index (χ2v) is 5.71. The highest BCUT2D eigenvalue weighted by atomic mass is 79.9. The van der Waals surface area contributed by atoms with Gasteiger partial charge >= 0.3 is 0 Å². The van der Waals surface area contributed by atoms with Gasteiger partial charge in [-0.2, -0.15) is 0 Å². The van der Waals surface area contributed by atoms with Crippen molar-refractivity contribution in [1.29, 1.82) is 0 Å². The first kappa shape index (κ1) is 15.3. The van der Waals surface area contributed by atoms with Gasteiger partial charge in [0, 0.05) is 15.9 Å². The molecule has 0 aliphatic rings. The Morgan fingerprint density at radius 2 is 2.05 bits per heavy atom. The molecule has 0 bridgehead atoms. The molecule has 0 radical (unpaired) electrons. The largest absolute Gasteiger partial charge is 0.491 e. The monoisotopic (exact) mass is 358 g/mol. The summed E-state index contributed by atoms with van der Waals surface area (Å²) in [5.74, 6) is 0.237. The van der Waals surface area contributed by atoms with Gasteiger partial charge in [-0.15, -0.1) is 0 Å². The minimum Gasteiger partial charge on any atom is -0.491 e. The molecule has 2 rings (SSSR count). The van der Waals surface area contributed by atoms with Crippen LogP contribution in [0, 0.1) is 5.82 Å². The molecule has 0 fully saturated rings. The number of aliphatic hydroxyl groups excluding tert-OH is 1. The highest BCUT2D eigenvalue weighted by Crippen LogP contribution is 2.19. The third-order valence-corrected chi connectivity index (χ3v) is 3.43. The lowest BCUT2D eigenvalue weighted by atomic mass is 10.1. The first-order valence-electron chi connectivity index (χ1n) is 6.05. The summed E-state index contributed by atoms with van der Waals surface area (Å²) in [5, 5.41) is 10.5. The Bertz CT molecular complexity index is 592. The van der Waals surface area contributed by atoms with Crippen molar-refractivity contribution in [2.24, 2.45) is 0 Å². The van der Waals surface area contributed by atoms with Crippen molar-refractivity contribution in [3.05, 3.63) is 63.3 Å². The van der Waals surface area contributed by atoms with E-state index in [1.165, 1.54) is 6.07 Å². The molecule has 2 aromatic rings. The van der Waals surface area contributed by atoms with E-state index in [1.807, 2.05) is 0 Å². The van der Waals surface area contributed by atoms with Crippen LogP contribution in [0.2, 0.25) is 5.02 Å². The summed E-state index contributed by atoms with van der Waals surface area (Å²) in [5.41, 5.74) is 0.446. The van der Waals surface area contributed by atoms with E-state index in [9.17, 15) is 9.50 Å². The van der Waals surface area contributed by atoms with Crippen LogP contribution in [0.15, 0.2) is 46.9 Å². The smallest absolute Gasteiger partial charge is 0.126 e. The van der Waals surface area contributed by atoms with Crippen molar-refractivity contribution >= 4 is 27.5 Å². The van der Waals surface area contributed by atoms with E-state index in [-0.39, 0.29) is 18.8 Å². The third-order valence-electron chi connectivity index (χ3n) is 2.70. The minimum atomic E-state index is -0.794. The molecule has 1 N–H and O–H groups in total. The highest BCUT2D eigenvalue weighted by Gasteiger charge is 2.11. The van der Waals surface area contributed by atoms with E-state index < -0.39 is 6.10 Å². The zero-order valence-corrected chi connectivity index (χ0v) is 12.9. The van der Waals surface area contributed by atoms with Crippen LogP contribution >= 0.6 is 27.5 Å². The Morgan fingerprint density at radius 1 is 1.25 bits per heavy atom. The number of benzene rings is 2. The van der Waals surface area contributed by atoms with E-state index in [2.05, 4.69) is 15.9 Å². The standard InChI is InChI=1S/C15H13BrClFO2/c16-11-4-5-15(18)10(6-11)7-13(19)9-20-14-3-1-2-12(17)8-14/h1-6,8,13,19H,7,9H2. The average Bonchev–Trinajstić information content (AvgIpc) is 2.41. The van der Waals surface area contributed by atoms with Gasteiger partial charge in [0.2, 0.25) is 0 Å². The fraction of sp³-hybridized carbons (Fsp3) is 0.200. The predicted molar refractivity (Wildman–Crippen MR) is 80.8 cm³/mol. The first-order valence-corrected chi connectivity index (χ1v) is 7.22. The lowest BCUT2D eigenvalue weighted by Gasteiger charge is -2.13. The van der Waals surface area contributed by atoms with Crippen LogP contribution in [-0.2, 0) is 6.42 Å². The van der Waals surface area contributed by atoms with Gasteiger partial charge in [0.15, 0.2) is 0 Å². The van der Waals surface area contributed by atoms with Crippen LogP contribution in [0.3, 0.4) is 0 Å². The fourth-order valence-electron chi connectivity index (χ4n) is 1.76. The van der Waals surface area contributed by atoms with E-state index in [0.717, 1.165) is 4.47 Å². The summed E-state index contributed by atoms with van der Waals surface area (Å²) in [6, 6.07) is 11.5. The van der Waals surface area contributed by atoms with Crippen LogP contribution in [0.1, 0.15) is 5.56 Å². The van der Waals surface area contributed by atoms with Crippen LogP contribution in [-0.4, -0.2) is 17.8 Å². The topological polar surface area (TPSA) is 29.5 Å². The average molecular weight is 360 g/mol. The zero-order chi connectivity index (χ0) is 14.5. The number of rotatable bonds is 5. The molecule has 0 saturated carbocycles. The predicted octanol–water partition coefficient (Wildman–Crippen LogP) is 4.22. The van der Waals surface area contributed by atoms with E-state index in [1.54, 1.807) is 36.4 Å². The summed E-state index contributed by atoms with van der Waals surface area (Å²) in [6.45, 7) is 0.0757. The molecule has 2 nitrogen and oxygen atoms in total. The van der Waals surface area contributed by atoms with Crippen molar-refractivity contribution in [2.45, 2.75) is 12.5 Å². The van der Waals surface area contributed by atoms with Crippen molar-refractivity contribution in [3.8, 4) is 5.75 Å². The third kappa shape index (κ3) is 4.47.